The number of amides is 1. The standard InChI is InChI=1S/C17H22N2O3/c1-11-7-8-14(17(21)22)18-16(11)12-4-2-5-13(10-12)19-9-3-6-15(19)20/h2,4-5,10-11,14,16,18H,3,6-9H2,1H3,(H,21,22). The predicted molar refractivity (Wildman–Crippen MR) is 83.7 cm³/mol. The summed E-state index contributed by atoms with van der Waals surface area (Å²) >= 11 is 0. The van der Waals surface area contributed by atoms with Crippen LogP contribution < -0.4 is 10.2 Å². The number of anilines is 1. The van der Waals surface area contributed by atoms with Gasteiger partial charge in [0.1, 0.15) is 6.04 Å². The average molecular weight is 302 g/mol. The van der Waals surface area contributed by atoms with Crippen molar-refractivity contribution in [3.8, 4) is 0 Å². The summed E-state index contributed by atoms with van der Waals surface area (Å²) in [6.45, 7) is 2.91. The molecule has 0 bridgehead atoms. The van der Waals surface area contributed by atoms with Gasteiger partial charge in [-0.3, -0.25) is 14.9 Å². The molecule has 2 heterocycles. The highest BCUT2D eigenvalue weighted by Gasteiger charge is 2.32. The summed E-state index contributed by atoms with van der Waals surface area (Å²) in [5, 5.41) is 12.5. The van der Waals surface area contributed by atoms with Crippen LogP contribution >= 0.6 is 0 Å². The van der Waals surface area contributed by atoms with Crippen LogP contribution in [-0.2, 0) is 9.59 Å². The van der Waals surface area contributed by atoms with E-state index in [2.05, 4.69) is 12.2 Å². The molecule has 1 amide bonds. The monoisotopic (exact) mass is 302 g/mol. The fourth-order valence-corrected chi connectivity index (χ4v) is 3.49. The number of carbonyl (C=O) groups excluding carboxylic acids is 1. The van der Waals surface area contributed by atoms with Crippen molar-refractivity contribution in [3.05, 3.63) is 29.8 Å². The van der Waals surface area contributed by atoms with Crippen molar-refractivity contribution >= 4 is 17.6 Å². The Morgan fingerprint density at radius 1 is 1.36 bits per heavy atom. The van der Waals surface area contributed by atoms with Crippen LogP contribution in [0.5, 0.6) is 0 Å². The lowest BCUT2D eigenvalue weighted by molar-refractivity contribution is -0.140. The number of aliphatic carboxylic acids is 1. The lowest BCUT2D eigenvalue weighted by Gasteiger charge is -2.34. The van der Waals surface area contributed by atoms with Crippen molar-refractivity contribution in [1.82, 2.24) is 5.32 Å². The van der Waals surface area contributed by atoms with Gasteiger partial charge in [-0.25, -0.2) is 0 Å². The third-order valence-electron chi connectivity index (χ3n) is 4.77. The molecule has 2 fully saturated rings. The molecule has 2 aliphatic heterocycles. The molecule has 0 radical (unpaired) electrons. The van der Waals surface area contributed by atoms with Crippen molar-refractivity contribution in [2.24, 2.45) is 5.92 Å². The second-order valence-electron chi connectivity index (χ2n) is 6.33. The molecule has 2 aliphatic rings. The molecule has 3 unspecified atom stereocenters. The molecular weight excluding hydrogens is 280 g/mol. The number of carbonyl (C=O) groups is 2. The number of benzene rings is 1. The first-order chi connectivity index (χ1) is 10.6. The highest BCUT2D eigenvalue weighted by Crippen LogP contribution is 2.33. The molecule has 2 N–H and O–H groups in total. The van der Waals surface area contributed by atoms with Crippen LogP contribution in [0.1, 0.15) is 44.2 Å². The second-order valence-corrected chi connectivity index (χ2v) is 6.33. The van der Waals surface area contributed by atoms with Crippen LogP contribution in [0, 0.1) is 5.92 Å². The smallest absolute Gasteiger partial charge is 0.320 e. The van der Waals surface area contributed by atoms with Gasteiger partial charge in [0.15, 0.2) is 0 Å². The van der Waals surface area contributed by atoms with Gasteiger partial charge in [0, 0.05) is 24.7 Å². The number of piperidine rings is 1. The SMILES string of the molecule is CC1CCC(C(=O)O)NC1c1cccc(N2CCCC2=O)c1. The van der Waals surface area contributed by atoms with E-state index in [4.69, 9.17) is 0 Å². The van der Waals surface area contributed by atoms with E-state index in [0.29, 0.717) is 18.8 Å². The van der Waals surface area contributed by atoms with Crippen molar-refractivity contribution in [2.45, 2.75) is 44.7 Å². The summed E-state index contributed by atoms with van der Waals surface area (Å²) in [6, 6.07) is 7.49. The molecule has 0 aromatic heterocycles. The van der Waals surface area contributed by atoms with Crippen molar-refractivity contribution < 1.29 is 14.7 Å². The van der Waals surface area contributed by atoms with Gasteiger partial charge in [-0.15, -0.1) is 0 Å². The topological polar surface area (TPSA) is 69.6 Å². The van der Waals surface area contributed by atoms with Crippen LogP contribution in [0.25, 0.3) is 0 Å². The third kappa shape index (κ3) is 2.86. The van der Waals surface area contributed by atoms with Gasteiger partial charge in [-0.1, -0.05) is 19.1 Å². The number of carboxylic acids is 1. The Morgan fingerprint density at radius 3 is 2.86 bits per heavy atom. The molecule has 22 heavy (non-hydrogen) atoms. The summed E-state index contributed by atoms with van der Waals surface area (Å²) < 4.78 is 0. The lowest BCUT2D eigenvalue weighted by atomic mass is 9.84. The van der Waals surface area contributed by atoms with Gasteiger partial charge >= 0.3 is 5.97 Å². The van der Waals surface area contributed by atoms with E-state index in [1.54, 1.807) is 0 Å². The van der Waals surface area contributed by atoms with Gasteiger partial charge in [0.25, 0.3) is 0 Å². The van der Waals surface area contributed by atoms with Crippen LogP contribution in [0.2, 0.25) is 0 Å². The Bertz CT molecular complexity index is 587. The van der Waals surface area contributed by atoms with Crippen LogP contribution in [0.15, 0.2) is 24.3 Å². The number of hydrogen-bond acceptors (Lipinski definition) is 3. The largest absolute Gasteiger partial charge is 0.480 e. The van der Waals surface area contributed by atoms with Gasteiger partial charge < -0.3 is 10.0 Å². The predicted octanol–water partition coefficient (Wildman–Crippen LogP) is 2.33. The van der Waals surface area contributed by atoms with Crippen LogP contribution in [-0.4, -0.2) is 29.6 Å². The van der Waals surface area contributed by atoms with E-state index in [1.807, 2.05) is 29.2 Å². The number of nitrogens with one attached hydrogen (secondary N) is 1. The number of hydrogen-bond donors (Lipinski definition) is 2. The van der Waals surface area contributed by atoms with Crippen LogP contribution in [0.4, 0.5) is 5.69 Å². The first-order valence-corrected chi connectivity index (χ1v) is 7.95. The molecule has 118 valence electrons. The molecule has 5 heteroatoms. The quantitative estimate of drug-likeness (QED) is 0.899. The van der Waals surface area contributed by atoms with Crippen molar-refractivity contribution in [1.29, 1.82) is 0 Å². The van der Waals surface area contributed by atoms with Gasteiger partial charge in [0.2, 0.25) is 5.91 Å². The lowest BCUT2D eigenvalue weighted by Crippen LogP contribution is -2.45. The number of carboxylic acid groups (broad SMARTS) is 1. The van der Waals surface area contributed by atoms with Gasteiger partial charge in [-0.05, 0) is 42.9 Å². The maximum absolute atomic E-state index is 11.9. The molecular formula is C17H22N2O3. The molecule has 0 aliphatic carbocycles. The summed E-state index contributed by atoms with van der Waals surface area (Å²) in [5.41, 5.74) is 1.99. The molecule has 1 aromatic rings. The fourth-order valence-electron chi connectivity index (χ4n) is 3.49. The Kier molecular flexibility index (Phi) is 4.16. The third-order valence-corrected chi connectivity index (χ3v) is 4.77. The molecule has 5 nitrogen and oxygen atoms in total. The summed E-state index contributed by atoms with van der Waals surface area (Å²) in [5.74, 6) is -0.242. The summed E-state index contributed by atoms with van der Waals surface area (Å²) in [7, 11) is 0. The first kappa shape index (κ1) is 15.0. The van der Waals surface area contributed by atoms with Crippen molar-refractivity contribution in [3.63, 3.8) is 0 Å². The fraction of sp³-hybridized carbons (Fsp3) is 0.529. The maximum atomic E-state index is 11.9. The molecule has 0 spiro atoms. The molecule has 0 saturated carbocycles. The van der Waals surface area contributed by atoms with Crippen molar-refractivity contribution in [2.75, 3.05) is 11.4 Å². The van der Waals surface area contributed by atoms with Gasteiger partial charge in [-0.2, -0.15) is 0 Å². The Labute approximate surface area is 130 Å². The van der Waals surface area contributed by atoms with E-state index in [1.165, 1.54) is 0 Å². The Hall–Kier alpha value is -1.88. The molecule has 3 rings (SSSR count). The van der Waals surface area contributed by atoms with E-state index in [-0.39, 0.29) is 11.9 Å². The maximum Gasteiger partial charge on any atom is 0.320 e. The zero-order valence-electron chi connectivity index (χ0n) is 12.8. The number of rotatable bonds is 3. The minimum atomic E-state index is -0.789. The van der Waals surface area contributed by atoms with E-state index in [9.17, 15) is 14.7 Å². The highest BCUT2D eigenvalue weighted by atomic mass is 16.4. The Balaban J connectivity index is 1.84. The Morgan fingerprint density at radius 2 is 2.18 bits per heavy atom. The molecule has 3 atom stereocenters. The average Bonchev–Trinajstić information content (AvgIpc) is 2.94. The minimum absolute atomic E-state index is 0.0208. The number of nitrogens with zero attached hydrogens (tertiary/aromatic N) is 1. The second kappa shape index (κ2) is 6.08. The van der Waals surface area contributed by atoms with E-state index in [0.717, 1.165) is 30.6 Å². The zero-order valence-corrected chi connectivity index (χ0v) is 12.8. The van der Waals surface area contributed by atoms with Crippen LogP contribution in [0.3, 0.4) is 0 Å². The summed E-state index contributed by atoms with van der Waals surface area (Å²) in [6.07, 6.45) is 3.07. The first-order valence-electron chi connectivity index (χ1n) is 7.95. The van der Waals surface area contributed by atoms with E-state index >= 15 is 0 Å². The van der Waals surface area contributed by atoms with Gasteiger partial charge in [0.05, 0.1) is 0 Å². The molecule has 1 aromatic carbocycles. The van der Waals surface area contributed by atoms with E-state index < -0.39 is 12.0 Å². The summed E-state index contributed by atoms with van der Waals surface area (Å²) in [4.78, 5) is 25.0. The minimum Gasteiger partial charge on any atom is -0.480 e. The zero-order chi connectivity index (χ0) is 15.7. The molecule has 2 saturated heterocycles. The highest BCUT2D eigenvalue weighted by molar-refractivity contribution is 5.95. The normalized spacial score (nSPS) is 28.9.